The van der Waals surface area contributed by atoms with E-state index in [0.29, 0.717) is 57.3 Å². The van der Waals surface area contributed by atoms with Crippen LogP contribution in [0.3, 0.4) is 0 Å². The number of nitrogens with zero attached hydrogens (tertiary/aromatic N) is 3. The van der Waals surface area contributed by atoms with Gasteiger partial charge >= 0.3 is 0 Å². The van der Waals surface area contributed by atoms with Crippen molar-refractivity contribution in [1.29, 1.82) is 0 Å². The van der Waals surface area contributed by atoms with Crippen molar-refractivity contribution in [2.75, 3.05) is 50.8 Å². The molecule has 136 valence electrons. The van der Waals surface area contributed by atoms with E-state index in [-0.39, 0.29) is 17.2 Å². The molecule has 1 aromatic carbocycles. The van der Waals surface area contributed by atoms with Gasteiger partial charge in [0.15, 0.2) is 0 Å². The topological polar surface area (TPSA) is 68.1 Å². The standard InChI is InChI=1S/C16H19F2N3O4/c17-15(18)8-19-9-16(10-19)7-11-5-13(21(22)23)12(6-14(11)25-16)20-1-3-24-4-2-20/h5-6,15H,1-4,7-10H2. The fourth-order valence-electron chi connectivity index (χ4n) is 3.92. The number of nitro benzene ring substituents is 1. The molecule has 2 saturated heterocycles. The molecule has 1 aromatic rings. The first-order valence-electron chi connectivity index (χ1n) is 8.29. The highest BCUT2D eigenvalue weighted by molar-refractivity contribution is 5.69. The number of ether oxygens (including phenoxy) is 2. The van der Waals surface area contributed by atoms with E-state index >= 15 is 0 Å². The van der Waals surface area contributed by atoms with Crippen LogP contribution < -0.4 is 9.64 Å². The Balaban J connectivity index is 1.56. The number of benzene rings is 1. The lowest BCUT2D eigenvalue weighted by Gasteiger charge is -2.46. The van der Waals surface area contributed by atoms with E-state index < -0.39 is 12.0 Å². The van der Waals surface area contributed by atoms with Crippen LogP contribution in [0, 0.1) is 10.1 Å². The van der Waals surface area contributed by atoms with Gasteiger partial charge in [0.25, 0.3) is 12.1 Å². The second-order valence-corrected chi connectivity index (χ2v) is 6.83. The van der Waals surface area contributed by atoms with E-state index in [1.165, 1.54) is 0 Å². The summed E-state index contributed by atoms with van der Waals surface area (Å²) in [5.74, 6) is 0.629. The summed E-state index contributed by atoms with van der Waals surface area (Å²) < 4.78 is 36.3. The summed E-state index contributed by atoms with van der Waals surface area (Å²) in [6.07, 6.45) is -1.85. The van der Waals surface area contributed by atoms with Gasteiger partial charge in [0.05, 0.1) is 24.7 Å². The Bertz CT molecular complexity index is 688. The van der Waals surface area contributed by atoms with Crippen LogP contribution >= 0.6 is 0 Å². The molecule has 25 heavy (non-hydrogen) atoms. The molecule has 7 nitrogen and oxygen atoms in total. The number of rotatable bonds is 4. The van der Waals surface area contributed by atoms with Gasteiger partial charge < -0.3 is 14.4 Å². The minimum absolute atomic E-state index is 0.0602. The molecule has 3 heterocycles. The molecular formula is C16H19F2N3O4. The lowest BCUT2D eigenvalue weighted by molar-refractivity contribution is -0.384. The molecule has 0 saturated carbocycles. The molecule has 2 fully saturated rings. The molecule has 0 atom stereocenters. The fourth-order valence-corrected chi connectivity index (χ4v) is 3.92. The molecule has 3 aliphatic heterocycles. The molecular weight excluding hydrogens is 336 g/mol. The number of halogens is 2. The SMILES string of the molecule is O=[N+]([O-])c1cc2c(cc1N1CCOCC1)OC1(C2)CN(CC(F)F)C1. The Labute approximate surface area is 143 Å². The third-order valence-electron chi connectivity index (χ3n) is 4.96. The van der Waals surface area contributed by atoms with Crippen molar-refractivity contribution in [2.24, 2.45) is 0 Å². The van der Waals surface area contributed by atoms with Gasteiger partial charge in [-0.15, -0.1) is 0 Å². The van der Waals surface area contributed by atoms with Crippen molar-refractivity contribution < 1.29 is 23.2 Å². The molecule has 4 rings (SSSR count). The maximum atomic E-state index is 12.5. The number of morpholine rings is 1. The lowest BCUT2D eigenvalue weighted by atomic mass is 9.89. The van der Waals surface area contributed by atoms with E-state index in [1.807, 2.05) is 4.90 Å². The van der Waals surface area contributed by atoms with Gasteiger partial charge in [-0.1, -0.05) is 0 Å². The van der Waals surface area contributed by atoms with E-state index in [2.05, 4.69) is 0 Å². The minimum Gasteiger partial charge on any atom is -0.484 e. The summed E-state index contributed by atoms with van der Waals surface area (Å²) in [7, 11) is 0. The van der Waals surface area contributed by atoms with Crippen LogP contribution in [0.1, 0.15) is 5.56 Å². The van der Waals surface area contributed by atoms with Crippen molar-refractivity contribution in [3.8, 4) is 5.75 Å². The van der Waals surface area contributed by atoms with Gasteiger partial charge in [0.1, 0.15) is 17.0 Å². The fraction of sp³-hybridized carbons (Fsp3) is 0.625. The van der Waals surface area contributed by atoms with Crippen molar-refractivity contribution >= 4 is 11.4 Å². The number of fused-ring (bicyclic) bond motifs is 1. The molecule has 0 N–H and O–H groups in total. The molecule has 9 heteroatoms. The Morgan fingerprint density at radius 1 is 1.28 bits per heavy atom. The van der Waals surface area contributed by atoms with Crippen LogP contribution in [0.15, 0.2) is 12.1 Å². The second kappa shape index (κ2) is 6.06. The summed E-state index contributed by atoms with van der Waals surface area (Å²) in [5, 5.41) is 11.5. The van der Waals surface area contributed by atoms with Crippen molar-refractivity contribution in [1.82, 2.24) is 4.90 Å². The van der Waals surface area contributed by atoms with Gasteiger partial charge in [-0.2, -0.15) is 0 Å². The first-order valence-corrected chi connectivity index (χ1v) is 8.29. The van der Waals surface area contributed by atoms with E-state index in [0.717, 1.165) is 5.56 Å². The Morgan fingerprint density at radius 2 is 2.00 bits per heavy atom. The first-order chi connectivity index (χ1) is 12.0. The van der Waals surface area contributed by atoms with Crippen molar-refractivity contribution in [3.05, 3.63) is 27.8 Å². The highest BCUT2D eigenvalue weighted by Crippen LogP contribution is 2.45. The third kappa shape index (κ3) is 3.02. The zero-order chi connectivity index (χ0) is 17.6. The summed E-state index contributed by atoms with van der Waals surface area (Å²) >= 11 is 0. The summed E-state index contributed by atoms with van der Waals surface area (Å²) in [5.41, 5.74) is 0.854. The van der Waals surface area contributed by atoms with E-state index in [9.17, 15) is 18.9 Å². The Hall–Kier alpha value is -2.00. The highest BCUT2D eigenvalue weighted by Gasteiger charge is 2.50. The van der Waals surface area contributed by atoms with E-state index in [4.69, 9.17) is 9.47 Å². The molecule has 0 aromatic heterocycles. The van der Waals surface area contributed by atoms with Gasteiger partial charge in [-0.25, -0.2) is 8.78 Å². The maximum absolute atomic E-state index is 12.5. The number of hydrogen-bond donors (Lipinski definition) is 0. The average molecular weight is 355 g/mol. The van der Waals surface area contributed by atoms with Gasteiger partial charge in [0.2, 0.25) is 0 Å². The van der Waals surface area contributed by atoms with Crippen LogP contribution in [-0.4, -0.2) is 67.8 Å². The summed E-state index contributed by atoms with van der Waals surface area (Å²) in [6.45, 7) is 2.82. The van der Waals surface area contributed by atoms with Gasteiger partial charge in [-0.05, 0) is 0 Å². The van der Waals surface area contributed by atoms with Crippen LogP contribution in [0.25, 0.3) is 0 Å². The zero-order valence-electron chi connectivity index (χ0n) is 13.6. The molecule has 0 unspecified atom stereocenters. The number of alkyl halides is 2. The van der Waals surface area contributed by atoms with Crippen LogP contribution in [0.5, 0.6) is 5.75 Å². The van der Waals surface area contributed by atoms with E-state index in [1.54, 1.807) is 17.0 Å². The minimum atomic E-state index is -2.37. The first kappa shape index (κ1) is 16.5. The summed E-state index contributed by atoms with van der Waals surface area (Å²) in [6, 6.07) is 3.30. The van der Waals surface area contributed by atoms with Crippen molar-refractivity contribution in [2.45, 2.75) is 18.4 Å². The Morgan fingerprint density at radius 3 is 2.64 bits per heavy atom. The average Bonchev–Trinajstić information content (AvgIpc) is 2.92. The largest absolute Gasteiger partial charge is 0.484 e. The molecule has 1 spiro atoms. The molecule has 0 aliphatic carbocycles. The number of nitro groups is 1. The van der Waals surface area contributed by atoms with Gasteiger partial charge in [-0.3, -0.25) is 15.0 Å². The normalized spacial score (nSPS) is 22.0. The quantitative estimate of drug-likeness (QED) is 0.605. The molecule has 0 amide bonds. The van der Waals surface area contributed by atoms with Crippen LogP contribution in [0.4, 0.5) is 20.2 Å². The molecule has 0 radical (unpaired) electrons. The van der Waals surface area contributed by atoms with Gasteiger partial charge in [0, 0.05) is 50.3 Å². The number of likely N-dealkylation sites (tertiary alicyclic amines) is 1. The third-order valence-corrected chi connectivity index (χ3v) is 4.96. The second-order valence-electron chi connectivity index (χ2n) is 6.83. The number of hydrogen-bond acceptors (Lipinski definition) is 6. The maximum Gasteiger partial charge on any atom is 0.293 e. The number of anilines is 1. The monoisotopic (exact) mass is 355 g/mol. The van der Waals surface area contributed by atoms with Crippen LogP contribution in [-0.2, 0) is 11.2 Å². The lowest BCUT2D eigenvalue weighted by Crippen LogP contribution is -2.65. The molecule has 3 aliphatic rings. The predicted molar refractivity (Wildman–Crippen MR) is 85.6 cm³/mol. The predicted octanol–water partition coefficient (Wildman–Crippen LogP) is 1.69. The van der Waals surface area contributed by atoms with Crippen molar-refractivity contribution in [3.63, 3.8) is 0 Å². The Kier molecular flexibility index (Phi) is 3.99. The smallest absolute Gasteiger partial charge is 0.293 e. The van der Waals surface area contributed by atoms with Crippen LogP contribution in [0.2, 0.25) is 0 Å². The summed E-state index contributed by atoms with van der Waals surface area (Å²) in [4.78, 5) is 14.7. The molecule has 0 bridgehead atoms. The highest BCUT2D eigenvalue weighted by atomic mass is 19.3. The zero-order valence-corrected chi connectivity index (χ0v) is 13.6.